The minimum absolute atomic E-state index is 0.00858. The highest BCUT2D eigenvalue weighted by atomic mass is 32.1. The van der Waals surface area contributed by atoms with Gasteiger partial charge in [0.2, 0.25) is 0 Å². The van der Waals surface area contributed by atoms with Crippen LogP contribution in [0.1, 0.15) is 51.5 Å². The van der Waals surface area contributed by atoms with Crippen molar-refractivity contribution in [3.8, 4) is 11.5 Å². The Labute approximate surface area is 166 Å². The lowest BCUT2D eigenvalue weighted by Gasteiger charge is -2.30. The second kappa shape index (κ2) is 8.74. The van der Waals surface area contributed by atoms with E-state index in [0.29, 0.717) is 29.8 Å². The summed E-state index contributed by atoms with van der Waals surface area (Å²) in [5.74, 6) is 1.46. The first-order chi connectivity index (χ1) is 13.1. The molecule has 0 atom stereocenters. The summed E-state index contributed by atoms with van der Waals surface area (Å²) in [6.07, 6.45) is 7.49. The highest BCUT2D eigenvalue weighted by molar-refractivity contribution is 7.80. The minimum atomic E-state index is -0.00858. The normalized spacial score (nSPS) is 19.9. The molecule has 1 saturated carbocycles. The van der Waals surface area contributed by atoms with Crippen LogP contribution in [0.3, 0.4) is 0 Å². The Morgan fingerprint density at radius 2 is 1.85 bits per heavy atom. The molecule has 1 aliphatic heterocycles. The first-order valence-electron chi connectivity index (χ1n) is 9.79. The van der Waals surface area contributed by atoms with Crippen LogP contribution in [0, 0.1) is 0 Å². The second-order valence-corrected chi connectivity index (χ2v) is 7.27. The molecule has 5 nitrogen and oxygen atoms in total. The molecule has 0 aromatic heterocycles. The van der Waals surface area contributed by atoms with Crippen molar-refractivity contribution in [2.45, 2.75) is 52.0 Å². The topological polar surface area (TPSA) is 42.0 Å². The first-order valence-corrected chi connectivity index (χ1v) is 10.2. The minimum Gasteiger partial charge on any atom is -0.494 e. The third-order valence-electron chi connectivity index (χ3n) is 5.12. The van der Waals surface area contributed by atoms with Gasteiger partial charge in [-0.05, 0) is 57.1 Å². The van der Waals surface area contributed by atoms with Crippen LogP contribution in [0.2, 0.25) is 0 Å². The van der Waals surface area contributed by atoms with Gasteiger partial charge in [0.25, 0.3) is 5.91 Å². The predicted octanol–water partition coefficient (Wildman–Crippen LogP) is 4.22. The fourth-order valence-corrected chi connectivity index (χ4v) is 4.09. The summed E-state index contributed by atoms with van der Waals surface area (Å²) in [4.78, 5) is 16.8. The molecule has 0 unspecified atom stereocenters. The van der Waals surface area contributed by atoms with Gasteiger partial charge in [-0.25, -0.2) is 0 Å². The summed E-state index contributed by atoms with van der Waals surface area (Å²) < 4.78 is 11.3. The van der Waals surface area contributed by atoms with E-state index in [2.05, 4.69) is 0 Å². The fraction of sp³-hybridized carbons (Fsp3) is 0.524. The van der Waals surface area contributed by atoms with Crippen LogP contribution in [0.5, 0.6) is 11.5 Å². The quantitative estimate of drug-likeness (QED) is 0.539. The molecular weight excluding hydrogens is 360 g/mol. The highest BCUT2D eigenvalue weighted by Gasteiger charge is 2.40. The van der Waals surface area contributed by atoms with Crippen molar-refractivity contribution in [2.24, 2.45) is 0 Å². The van der Waals surface area contributed by atoms with E-state index >= 15 is 0 Å². The number of hydrogen-bond acceptors (Lipinski definition) is 4. The zero-order valence-corrected chi connectivity index (χ0v) is 17.2. The maximum absolute atomic E-state index is 13.1. The molecular formula is C21H28N2O3S. The van der Waals surface area contributed by atoms with Gasteiger partial charge in [-0.1, -0.05) is 19.3 Å². The number of thiocarbonyl (C=S) groups is 1. The number of carbonyl (C=O) groups excluding carboxylic acids is 1. The van der Waals surface area contributed by atoms with Crippen molar-refractivity contribution < 1.29 is 14.3 Å². The Hall–Kier alpha value is -2.08. The van der Waals surface area contributed by atoms with Gasteiger partial charge >= 0.3 is 0 Å². The lowest BCUT2D eigenvalue weighted by molar-refractivity contribution is -0.124. The summed E-state index contributed by atoms with van der Waals surface area (Å²) >= 11 is 5.59. The smallest absolute Gasteiger partial charge is 0.277 e. The SMILES string of the molecule is CCOc1ccc(C=C2C(=O)N(C3CCCCC3)C(=S)N2C)c(OCC)c1. The molecule has 1 saturated heterocycles. The summed E-state index contributed by atoms with van der Waals surface area (Å²) in [5.41, 5.74) is 1.44. The van der Waals surface area contributed by atoms with E-state index in [1.165, 1.54) is 6.42 Å². The van der Waals surface area contributed by atoms with Gasteiger partial charge in [0, 0.05) is 24.7 Å². The Morgan fingerprint density at radius 3 is 2.52 bits per heavy atom. The maximum atomic E-state index is 13.1. The van der Waals surface area contributed by atoms with Crippen LogP contribution in [0.4, 0.5) is 0 Å². The van der Waals surface area contributed by atoms with Crippen molar-refractivity contribution in [1.29, 1.82) is 0 Å². The van der Waals surface area contributed by atoms with Crippen LogP contribution in [0.15, 0.2) is 23.9 Å². The molecule has 1 aromatic rings. The van der Waals surface area contributed by atoms with Gasteiger partial charge in [0.15, 0.2) is 5.11 Å². The van der Waals surface area contributed by atoms with Crippen LogP contribution < -0.4 is 9.47 Å². The summed E-state index contributed by atoms with van der Waals surface area (Å²) in [6.45, 7) is 5.03. The van der Waals surface area contributed by atoms with Gasteiger partial charge in [-0.3, -0.25) is 9.69 Å². The van der Waals surface area contributed by atoms with E-state index < -0.39 is 0 Å². The predicted molar refractivity (Wildman–Crippen MR) is 111 cm³/mol. The number of benzene rings is 1. The van der Waals surface area contributed by atoms with E-state index in [-0.39, 0.29) is 11.9 Å². The standard InChI is InChI=1S/C21H28N2O3S/c1-4-25-17-12-11-15(19(14-17)26-5-2)13-18-20(24)23(21(27)22(18)3)16-9-7-6-8-10-16/h11-14,16H,4-10H2,1-3H3. The van der Waals surface area contributed by atoms with Crippen molar-refractivity contribution in [2.75, 3.05) is 20.3 Å². The average molecular weight is 389 g/mol. The van der Waals surface area contributed by atoms with Gasteiger partial charge in [0.1, 0.15) is 17.2 Å². The number of likely N-dealkylation sites (N-methyl/N-ethyl adjacent to an activating group) is 1. The number of rotatable bonds is 6. The zero-order valence-electron chi connectivity index (χ0n) is 16.4. The van der Waals surface area contributed by atoms with E-state index in [1.54, 1.807) is 0 Å². The van der Waals surface area contributed by atoms with Gasteiger partial charge in [0.05, 0.1) is 13.2 Å². The van der Waals surface area contributed by atoms with E-state index in [1.807, 2.05) is 55.0 Å². The number of carbonyl (C=O) groups is 1. The zero-order chi connectivity index (χ0) is 19.4. The molecule has 1 aromatic carbocycles. The molecule has 2 aliphatic rings. The fourth-order valence-electron chi connectivity index (χ4n) is 3.76. The van der Waals surface area contributed by atoms with Crippen molar-refractivity contribution >= 4 is 29.3 Å². The first kappa shape index (κ1) is 19.7. The van der Waals surface area contributed by atoms with Crippen LogP contribution >= 0.6 is 12.2 Å². The van der Waals surface area contributed by atoms with Crippen molar-refractivity contribution in [3.63, 3.8) is 0 Å². The molecule has 0 spiro atoms. The van der Waals surface area contributed by atoms with Crippen LogP contribution in [-0.4, -0.2) is 47.1 Å². The van der Waals surface area contributed by atoms with Gasteiger partial charge in [-0.2, -0.15) is 0 Å². The number of hydrogen-bond donors (Lipinski definition) is 0. The van der Waals surface area contributed by atoms with Gasteiger partial charge < -0.3 is 14.4 Å². The molecule has 146 valence electrons. The number of nitrogens with zero attached hydrogens (tertiary/aromatic N) is 2. The summed E-state index contributed by atoms with van der Waals surface area (Å²) in [7, 11) is 1.86. The largest absolute Gasteiger partial charge is 0.494 e. The van der Waals surface area contributed by atoms with Crippen LogP contribution in [0.25, 0.3) is 6.08 Å². The summed E-state index contributed by atoms with van der Waals surface area (Å²) in [6, 6.07) is 5.92. The molecule has 6 heteroatoms. The molecule has 1 amide bonds. The molecule has 1 heterocycles. The molecule has 0 radical (unpaired) electrons. The average Bonchev–Trinajstić information content (AvgIpc) is 2.88. The Bertz CT molecular complexity index is 741. The maximum Gasteiger partial charge on any atom is 0.277 e. The highest BCUT2D eigenvalue weighted by Crippen LogP contribution is 2.33. The monoisotopic (exact) mass is 388 g/mol. The van der Waals surface area contributed by atoms with Crippen molar-refractivity contribution in [3.05, 3.63) is 29.5 Å². The summed E-state index contributed by atoms with van der Waals surface area (Å²) in [5, 5.41) is 0.599. The molecule has 27 heavy (non-hydrogen) atoms. The lowest BCUT2D eigenvalue weighted by atomic mass is 9.94. The molecule has 3 rings (SSSR count). The second-order valence-electron chi connectivity index (χ2n) is 6.90. The third kappa shape index (κ3) is 4.10. The molecule has 0 N–H and O–H groups in total. The Balaban J connectivity index is 1.91. The van der Waals surface area contributed by atoms with Crippen molar-refractivity contribution in [1.82, 2.24) is 9.80 Å². The Kier molecular flexibility index (Phi) is 6.37. The molecule has 2 fully saturated rings. The van der Waals surface area contributed by atoms with E-state index in [4.69, 9.17) is 21.7 Å². The van der Waals surface area contributed by atoms with Gasteiger partial charge in [-0.15, -0.1) is 0 Å². The van der Waals surface area contributed by atoms with E-state index in [0.717, 1.165) is 37.0 Å². The van der Waals surface area contributed by atoms with E-state index in [9.17, 15) is 4.79 Å². The molecule has 0 bridgehead atoms. The third-order valence-corrected chi connectivity index (χ3v) is 5.59. The number of ether oxygens (including phenoxy) is 2. The lowest BCUT2D eigenvalue weighted by Crippen LogP contribution is -2.41. The Morgan fingerprint density at radius 1 is 1.15 bits per heavy atom. The molecule has 1 aliphatic carbocycles. The van der Waals surface area contributed by atoms with Crippen LogP contribution in [-0.2, 0) is 4.79 Å². The number of amides is 1.